The summed E-state index contributed by atoms with van der Waals surface area (Å²) in [6, 6.07) is 13.0. The van der Waals surface area contributed by atoms with Crippen LogP contribution in [-0.4, -0.2) is 45.4 Å². The van der Waals surface area contributed by atoms with Crippen LogP contribution in [0.5, 0.6) is 11.5 Å². The summed E-state index contributed by atoms with van der Waals surface area (Å²) in [5.41, 5.74) is 4.84. The van der Waals surface area contributed by atoms with E-state index in [1.165, 1.54) is 4.52 Å². The number of para-hydroxylation sites is 1. The molecule has 10 nitrogen and oxygen atoms in total. The molecule has 2 aromatic heterocycles. The van der Waals surface area contributed by atoms with Crippen molar-refractivity contribution in [2.45, 2.75) is 6.92 Å². The van der Waals surface area contributed by atoms with Crippen molar-refractivity contribution in [1.82, 2.24) is 19.8 Å². The molecule has 150 valence electrons. The monoisotopic (exact) mass is 404 g/mol. The number of benzene rings is 2. The maximum atomic E-state index is 12.2. The van der Waals surface area contributed by atoms with E-state index >= 15 is 0 Å². The average molecular weight is 404 g/mol. The third-order valence-electron chi connectivity index (χ3n) is 4.50. The van der Waals surface area contributed by atoms with Crippen molar-refractivity contribution < 1.29 is 19.0 Å². The Morgan fingerprint density at radius 3 is 3.03 bits per heavy atom. The van der Waals surface area contributed by atoms with Crippen LogP contribution in [0.1, 0.15) is 23.0 Å². The van der Waals surface area contributed by atoms with Gasteiger partial charge in [0.1, 0.15) is 0 Å². The maximum Gasteiger partial charge on any atom is 0.362 e. The zero-order chi connectivity index (χ0) is 20.5. The molecule has 5 rings (SSSR count). The van der Waals surface area contributed by atoms with E-state index in [4.69, 9.17) is 14.2 Å². The second-order valence-corrected chi connectivity index (χ2v) is 6.35. The molecular formula is C20H16N6O4. The zero-order valence-corrected chi connectivity index (χ0v) is 15.9. The summed E-state index contributed by atoms with van der Waals surface area (Å²) < 4.78 is 17.3. The molecule has 0 bridgehead atoms. The Bertz CT molecular complexity index is 1300. The van der Waals surface area contributed by atoms with E-state index in [0.717, 1.165) is 16.5 Å². The molecule has 0 unspecified atom stereocenters. The molecule has 30 heavy (non-hydrogen) atoms. The van der Waals surface area contributed by atoms with Gasteiger partial charge in [-0.25, -0.2) is 9.78 Å². The number of nitrogens with one attached hydrogen (secondary N) is 1. The lowest BCUT2D eigenvalue weighted by molar-refractivity contribution is 0.0521. The third kappa shape index (κ3) is 3.04. The number of ether oxygens (including phenoxy) is 3. The van der Waals surface area contributed by atoms with E-state index in [9.17, 15) is 4.79 Å². The molecule has 0 atom stereocenters. The Hall–Kier alpha value is -4.21. The lowest BCUT2D eigenvalue weighted by atomic mass is 10.2. The number of hydrogen-bond acceptors (Lipinski definition) is 9. The van der Waals surface area contributed by atoms with Crippen molar-refractivity contribution in [2.24, 2.45) is 5.10 Å². The van der Waals surface area contributed by atoms with E-state index in [0.29, 0.717) is 17.3 Å². The topological polar surface area (TPSA) is 112 Å². The number of aromatic nitrogens is 4. The minimum atomic E-state index is -0.579. The molecule has 0 saturated heterocycles. The summed E-state index contributed by atoms with van der Waals surface area (Å²) in [4.78, 5) is 16.7. The first-order chi connectivity index (χ1) is 14.7. The van der Waals surface area contributed by atoms with Gasteiger partial charge in [0.25, 0.3) is 0 Å². The molecule has 10 heteroatoms. The van der Waals surface area contributed by atoms with Gasteiger partial charge in [0, 0.05) is 5.39 Å². The summed E-state index contributed by atoms with van der Waals surface area (Å²) in [5, 5.41) is 13.1. The Morgan fingerprint density at radius 2 is 2.13 bits per heavy atom. The van der Waals surface area contributed by atoms with Crippen LogP contribution < -0.4 is 14.9 Å². The van der Waals surface area contributed by atoms with Crippen LogP contribution in [0.2, 0.25) is 0 Å². The van der Waals surface area contributed by atoms with Crippen molar-refractivity contribution in [1.29, 1.82) is 0 Å². The number of carbonyl (C=O) groups is 1. The van der Waals surface area contributed by atoms with Crippen molar-refractivity contribution in [3.8, 4) is 11.5 Å². The van der Waals surface area contributed by atoms with Crippen molar-refractivity contribution in [3.63, 3.8) is 0 Å². The number of esters is 1. The average Bonchev–Trinajstić information content (AvgIpc) is 3.40. The minimum absolute atomic E-state index is 0.0467. The number of rotatable bonds is 5. The molecule has 1 aliphatic rings. The van der Waals surface area contributed by atoms with E-state index < -0.39 is 5.97 Å². The fraction of sp³-hybridized carbons (Fsp3) is 0.150. The Labute approximate surface area is 170 Å². The van der Waals surface area contributed by atoms with E-state index in [2.05, 4.69) is 25.8 Å². The van der Waals surface area contributed by atoms with Gasteiger partial charge < -0.3 is 14.2 Å². The normalized spacial score (nSPS) is 12.7. The van der Waals surface area contributed by atoms with Crippen molar-refractivity contribution in [2.75, 3.05) is 18.8 Å². The van der Waals surface area contributed by atoms with Gasteiger partial charge in [0.2, 0.25) is 12.5 Å². The number of nitrogens with zero attached hydrogens (tertiary/aromatic N) is 5. The molecule has 3 heterocycles. The summed E-state index contributed by atoms with van der Waals surface area (Å²) in [5.74, 6) is 1.26. The number of anilines is 1. The van der Waals surface area contributed by atoms with Gasteiger partial charge in [-0.05, 0) is 42.8 Å². The van der Waals surface area contributed by atoms with Gasteiger partial charge in [-0.3, -0.25) is 5.43 Å². The van der Waals surface area contributed by atoms with Gasteiger partial charge >= 0.3 is 5.97 Å². The first kappa shape index (κ1) is 17.9. The van der Waals surface area contributed by atoms with Crippen LogP contribution in [0.3, 0.4) is 0 Å². The van der Waals surface area contributed by atoms with Crippen LogP contribution in [-0.2, 0) is 4.74 Å². The number of fused-ring (bicyclic) bond motifs is 4. The van der Waals surface area contributed by atoms with Gasteiger partial charge in [0.05, 0.1) is 18.3 Å². The van der Waals surface area contributed by atoms with Crippen LogP contribution in [0, 0.1) is 0 Å². The SMILES string of the molecule is CCOC(=O)c1nnn2c1nc(N/N=C/c1ccc3c(c1)OCO3)c1ccccc12. The third-order valence-corrected chi connectivity index (χ3v) is 4.50. The molecule has 0 saturated carbocycles. The molecular weight excluding hydrogens is 388 g/mol. The highest BCUT2D eigenvalue weighted by molar-refractivity contribution is 5.98. The molecule has 0 spiro atoms. The van der Waals surface area contributed by atoms with Crippen LogP contribution in [0.25, 0.3) is 16.6 Å². The van der Waals surface area contributed by atoms with Gasteiger partial charge in [-0.1, -0.05) is 17.3 Å². The lowest BCUT2D eigenvalue weighted by Crippen LogP contribution is -2.07. The highest BCUT2D eigenvalue weighted by atomic mass is 16.7. The first-order valence-electron chi connectivity index (χ1n) is 9.24. The highest BCUT2D eigenvalue weighted by Gasteiger charge is 2.20. The molecule has 0 fully saturated rings. The fourth-order valence-corrected chi connectivity index (χ4v) is 3.14. The predicted molar refractivity (Wildman–Crippen MR) is 108 cm³/mol. The summed E-state index contributed by atoms with van der Waals surface area (Å²) in [6.45, 7) is 2.17. The maximum absolute atomic E-state index is 12.2. The Balaban J connectivity index is 1.52. The fourth-order valence-electron chi connectivity index (χ4n) is 3.14. The van der Waals surface area contributed by atoms with Crippen LogP contribution in [0.15, 0.2) is 47.6 Å². The minimum Gasteiger partial charge on any atom is -0.461 e. The molecule has 0 aliphatic carbocycles. The summed E-state index contributed by atoms with van der Waals surface area (Å²) in [7, 11) is 0. The summed E-state index contributed by atoms with van der Waals surface area (Å²) in [6.07, 6.45) is 1.64. The molecule has 4 aromatic rings. The van der Waals surface area contributed by atoms with E-state index in [1.54, 1.807) is 13.1 Å². The first-order valence-corrected chi connectivity index (χ1v) is 9.24. The molecule has 1 aliphatic heterocycles. The lowest BCUT2D eigenvalue weighted by Gasteiger charge is -2.07. The van der Waals surface area contributed by atoms with Gasteiger partial charge in [-0.15, -0.1) is 5.10 Å². The number of carbonyl (C=O) groups excluding carboxylic acids is 1. The van der Waals surface area contributed by atoms with Crippen LogP contribution >= 0.6 is 0 Å². The van der Waals surface area contributed by atoms with E-state index in [-0.39, 0.29) is 24.7 Å². The van der Waals surface area contributed by atoms with Gasteiger partial charge in [0.15, 0.2) is 23.0 Å². The smallest absolute Gasteiger partial charge is 0.362 e. The second-order valence-electron chi connectivity index (χ2n) is 6.35. The molecule has 2 aromatic carbocycles. The quantitative estimate of drug-likeness (QED) is 0.307. The van der Waals surface area contributed by atoms with Crippen LogP contribution in [0.4, 0.5) is 5.82 Å². The van der Waals surface area contributed by atoms with Crippen molar-refractivity contribution >= 4 is 34.6 Å². The molecule has 0 radical (unpaired) electrons. The Kier molecular flexibility index (Phi) is 4.36. The largest absolute Gasteiger partial charge is 0.461 e. The molecule has 1 N–H and O–H groups in total. The number of hydrogen-bond donors (Lipinski definition) is 1. The second kappa shape index (κ2) is 7.32. The highest BCUT2D eigenvalue weighted by Crippen LogP contribution is 2.32. The van der Waals surface area contributed by atoms with Crippen molar-refractivity contribution in [3.05, 3.63) is 53.7 Å². The zero-order valence-electron chi connectivity index (χ0n) is 15.9. The standard InChI is InChI=1S/C20H16N6O4/c1-2-28-20(27)17-19-22-18(13-5-3-4-6-14(13)26(19)25-23-17)24-21-10-12-7-8-15-16(9-12)30-11-29-15/h3-10H,2,11H2,1H3,(H,22,24)/b21-10+. The molecule has 0 amide bonds. The van der Waals surface area contributed by atoms with Gasteiger partial charge in [-0.2, -0.15) is 9.62 Å². The summed E-state index contributed by atoms with van der Waals surface area (Å²) >= 11 is 0. The Morgan fingerprint density at radius 1 is 1.27 bits per heavy atom. The van der Waals surface area contributed by atoms with E-state index in [1.807, 2.05) is 42.5 Å². The predicted octanol–water partition coefficient (Wildman–Crippen LogP) is 2.63. The number of hydrazone groups is 1.